The summed E-state index contributed by atoms with van der Waals surface area (Å²) < 4.78 is 15.6. The van der Waals surface area contributed by atoms with Crippen LogP contribution in [0.1, 0.15) is 25.3 Å². The van der Waals surface area contributed by atoms with Gasteiger partial charge in [-0.25, -0.2) is 4.79 Å². The van der Waals surface area contributed by atoms with Gasteiger partial charge >= 0.3 is 12.1 Å². The van der Waals surface area contributed by atoms with Gasteiger partial charge in [0.05, 0.1) is 24.4 Å². The first-order valence-corrected chi connectivity index (χ1v) is 9.45. The number of aliphatic imine (C=N–C) groups is 1. The Morgan fingerprint density at radius 3 is 2.74 bits per heavy atom. The average Bonchev–Trinajstić information content (AvgIpc) is 2.68. The Hall–Kier alpha value is -2.34. The molecule has 0 saturated carbocycles. The normalized spacial score (nSPS) is 24.1. The SMILES string of the molecule is CCOC(=O)C1CN=C2CCC(OC(=O)OCc3ccccc3)C=C2C1Cl. The molecule has 0 amide bonds. The van der Waals surface area contributed by atoms with Crippen LogP contribution in [0.2, 0.25) is 0 Å². The van der Waals surface area contributed by atoms with Crippen LogP contribution in [-0.2, 0) is 25.6 Å². The zero-order valence-corrected chi connectivity index (χ0v) is 15.9. The van der Waals surface area contributed by atoms with Crippen molar-refractivity contribution in [3.05, 3.63) is 47.5 Å². The minimum atomic E-state index is -0.732. The molecular weight excluding hydrogens is 370 g/mol. The molecule has 1 aliphatic carbocycles. The zero-order valence-electron chi connectivity index (χ0n) is 15.1. The summed E-state index contributed by atoms with van der Waals surface area (Å²) in [6.45, 7) is 2.53. The lowest BCUT2D eigenvalue weighted by atomic mass is 9.85. The number of benzene rings is 1. The third kappa shape index (κ3) is 4.89. The number of alkyl halides is 1. The van der Waals surface area contributed by atoms with Crippen LogP contribution >= 0.6 is 11.6 Å². The molecule has 0 spiro atoms. The van der Waals surface area contributed by atoms with E-state index in [2.05, 4.69) is 4.99 Å². The molecule has 2 aliphatic rings. The van der Waals surface area contributed by atoms with Crippen molar-refractivity contribution in [2.45, 2.75) is 37.9 Å². The standard InChI is InChI=1S/C20H22ClNO5/c1-2-25-19(23)16-11-22-17-9-8-14(10-15(17)18(16)21)27-20(24)26-12-13-6-4-3-5-7-13/h3-7,10,14,16,18H,2,8-9,11-12H2,1H3. The van der Waals surface area contributed by atoms with Gasteiger partial charge in [-0.05, 0) is 37.0 Å². The van der Waals surface area contributed by atoms with E-state index in [4.69, 9.17) is 25.8 Å². The molecule has 0 bridgehead atoms. The number of carbonyl (C=O) groups is 2. The number of hydrogen-bond donors (Lipinski definition) is 0. The fourth-order valence-corrected chi connectivity index (χ4v) is 3.53. The summed E-state index contributed by atoms with van der Waals surface area (Å²) in [5, 5.41) is -0.539. The van der Waals surface area contributed by atoms with Crippen molar-refractivity contribution in [1.82, 2.24) is 0 Å². The van der Waals surface area contributed by atoms with E-state index in [1.165, 1.54) is 0 Å². The molecule has 0 radical (unpaired) electrons. The Balaban J connectivity index is 1.60. The van der Waals surface area contributed by atoms with E-state index in [-0.39, 0.29) is 12.6 Å². The topological polar surface area (TPSA) is 74.2 Å². The Bertz CT molecular complexity index is 746. The van der Waals surface area contributed by atoms with Gasteiger partial charge in [0.15, 0.2) is 0 Å². The predicted octanol–water partition coefficient (Wildman–Crippen LogP) is 3.67. The average molecular weight is 392 g/mol. The first-order chi connectivity index (χ1) is 13.1. The quantitative estimate of drug-likeness (QED) is 0.565. The number of halogens is 1. The highest BCUT2D eigenvalue weighted by atomic mass is 35.5. The smallest absolute Gasteiger partial charge is 0.466 e. The molecule has 0 saturated heterocycles. The molecule has 1 aromatic rings. The highest BCUT2D eigenvalue weighted by Crippen LogP contribution is 2.32. The fraction of sp³-hybridized carbons (Fsp3) is 0.450. The number of esters is 1. The van der Waals surface area contributed by atoms with Gasteiger partial charge in [0, 0.05) is 5.71 Å². The first-order valence-electron chi connectivity index (χ1n) is 9.02. The molecule has 0 N–H and O–H groups in total. The number of nitrogens with zero attached hydrogens (tertiary/aromatic N) is 1. The van der Waals surface area contributed by atoms with Gasteiger partial charge in [0.25, 0.3) is 0 Å². The van der Waals surface area contributed by atoms with E-state index in [9.17, 15) is 9.59 Å². The van der Waals surface area contributed by atoms with Crippen molar-refractivity contribution >= 4 is 29.4 Å². The Morgan fingerprint density at radius 1 is 1.22 bits per heavy atom. The van der Waals surface area contributed by atoms with Gasteiger partial charge in [-0.1, -0.05) is 30.3 Å². The van der Waals surface area contributed by atoms with Crippen LogP contribution in [0, 0.1) is 5.92 Å². The summed E-state index contributed by atoms with van der Waals surface area (Å²) in [6, 6.07) is 9.38. The molecule has 3 atom stereocenters. The number of ether oxygens (including phenoxy) is 3. The predicted molar refractivity (Wildman–Crippen MR) is 101 cm³/mol. The van der Waals surface area contributed by atoms with Gasteiger partial charge in [0.2, 0.25) is 0 Å². The molecule has 1 aliphatic heterocycles. The minimum absolute atomic E-state index is 0.152. The lowest BCUT2D eigenvalue weighted by Crippen LogP contribution is -2.39. The molecule has 0 fully saturated rings. The van der Waals surface area contributed by atoms with E-state index in [1.807, 2.05) is 30.3 Å². The molecule has 7 heteroatoms. The van der Waals surface area contributed by atoms with Gasteiger partial charge in [-0.3, -0.25) is 9.79 Å². The second-order valence-corrected chi connectivity index (χ2v) is 6.86. The lowest BCUT2D eigenvalue weighted by molar-refractivity contribution is -0.147. The number of fused-ring (bicyclic) bond motifs is 1. The molecule has 27 heavy (non-hydrogen) atoms. The molecular formula is C20H22ClNO5. The molecule has 1 heterocycles. The highest BCUT2D eigenvalue weighted by Gasteiger charge is 2.38. The van der Waals surface area contributed by atoms with Crippen LogP contribution in [-0.4, -0.2) is 42.5 Å². The Kier molecular flexibility index (Phi) is 6.50. The van der Waals surface area contributed by atoms with Crippen molar-refractivity contribution in [3.8, 4) is 0 Å². The maximum absolute atomic E-state index is 12.1. The summed E-state index contributed by atoms with van der Waals surface area (Å²) >= 11 is 6.51. The van der Waals surface area contributed by atoms with Crippen molar-refractivity contribution in [1.29, 1.82) is 0 Å². The Labute approximate surface area is 163 Å². The van der Waals surface area contributed by atoms with Crippen LogP contribution in [0.4, 0.5) is 4.79 Å². The molecule has 3 rings (SSSR count). The third-order valence-electron chi connectivity index (χ3n) is 4.53. The molecule has 144 valence electrons. The van der Waals surface area contributed by atoms with Gasteiger partial charge in [-0.2, -0.15) is 0 Å². The summed E-state index contributed by atoms with van der Waals surface area (Å²) in [6.07, 6.45) is 1.83. The monoisotopic (exact) mass is 391 g/mol. The highest BCUT2D eigenvalue weighted by molar-refractivity contribution is 6.28. The number of rotatable bonds is 5. The number of allylic oxidation sites excluding steroid dienone is 1. The summed E-state index contributed by atoms with van der Waals surface area (Å²) in [5.41, 5.74) is 2.50. The largest absolute Gasteiger partial charge is 0.509 e. The summed E-state index contributed by atoms with van der Waals surface area (Å²) in [7, 11) is 0. The maximum Gasteiger partial charge on any atom is 0.509 e. The van der Waals surface area contributed by atoms with Crippen LogP contribution in [0.5, 0.6) is 0 Å². The molecule has 3 unspecified atom stereocenters. The third-order valence-corrected chi connectivity index (χ3v) is 5.07. The Morgan fingerprint density at radius 2 is 2.00 bits per heavy atom. The fourth-order valence-electron chi connectivity index (χ4n) is 3.15. The van der Waals surface area contributed by atoms with E-state index >= 15 is 0 Å². The van der Waals surface area contributed by atoms with Gasteiger partial charge in [-0.15, -0.1) is 11.6 Å². The van der Waals surface area contributed by atoms with Crippen LogP contribution in [0.25, 0.3) is 0 Å². The van der Waals surface area contributed by atoms with E-state index in [1.54, 1.807) is 13.0 Å². The molecule has 0 aromatic heterocycles. The van der Waals surface area contributed by atoms with Crippen LogP contribution in [0.15, 0.2) is 47.0 Å². The second-order valence-electron chi connectivity index (χ2n) is 6.39. The second kappa shape index (κ2) is 9.04. The number of carbonyl (C=O) groups excluding carboxylic acids is 2. The van der Waals surface area contributed by atoms with E-state index in [0.29, 0.717) is 26.0 Å². The lowest BCUT2D eigenvalue weighted by Gasteiger charge is -2.31. The maximum atomic E-state index is 12.1. The molecule has 6 nitrogen and oxygen atoms in total. The van der Waals surface area contributed by atoms with E-state index in [0.717, 1.165) is 16.8 Å². The molecule has 1 aromatic carbocycles. The van der Waals surface area contributed by atoms with Crippen molar-refractivity contribution < 1.29 is 23.8 Å². The van der Waals surface area contributed by atoms with Crippen LogP contribution in [0.3, 0.4) is 0 Å². The number of hydrogen-bond acceptors (Lipinski definition) is 6. The van der Waals surface area contributed by atoms with Crippen LogP contribution < -0.4 is 0 Å². The summed E-state index contributed by atoms with van der Waals surface area (Å²) in [5.74, 6) is -0.878. The summed E-state index contributed by atoms with van der Waals surface area (Å²) in [4.78, 5) is 28.5. The van der Waals surface area contributed by atoms with Crippen molar-refractivity contribution in [2.75, 3.05) is 13.2 Å². The van der Waals surface area contributed by atoms with Crippen molar-refractivity contribution in [3.63, 3.8) is 0 Å². The first kappa shape index (κ1) is 19.4. The zero-order chi connectivity index (χ0) is 19.2. The van der Waals surface area contributed by atoms with Gasteiger partial charge in [0.1, 0.15) is 12.7 Å². The van der Waals surface area contributed by atoms with Crippen molar-refractivity contribution in [2.24, 2.45) is 10.9 Å². The van der Waals surface area contributed by atoms with E-state index < -0.39 is 23.6 Å². The van der Waals surface area contributed by atoms with Gasteiger partial charge < -0.3 is 14.2 Å². The minimum Gasteiger partial charge on any atom is -0.466 e.